The summed E-state index contributed by atoms with van der Waals surface area (Å²) in [5.74, 6) is 0.125. The van der Waals surface area contributed by atoms with Gasteiger partial charge in [-0.25, -0.2) is 8.42 Å². The molecule has 0 radical (unpaired) electrons. The molecular weight excluding hydrogens is 478 g/mol. The van der Waals surface area contributed by atoms with Gasteiger partial charge < -0.3 is 14.6 Å². The molecule has 0 aliphatic rings. The van der Waals surface area contributed by atoms with Crippen molar-refractivity contribution in [2.45, 2.75) is 11.3 Å². The third-order valence-electron chi connectivity index (χ3n) is 5.30. The maximum Gasteiger partial charge on any atom is 0.307 e. The maximum atomic E-state index is 12.8. The van der Waals surface area contributed by atoms with E-state index in [2.05, 4.69) is 4.72 Å². The molecule has 36 heavy (non-hydrogen) atoms. The number of nitrogens with one attached hydrogen (secondary N) is 1. The Balaban J connectivity index is 1.30. The van der Waals surface area contributed by atoms with Crippen molar-refractivity contribution in [3.63, 3.8) is 0 Å². The Hall–Kier alpha value is -4.30. The molecule has 0 saturated carbocycles. The molecule has 7 nitrogen and oxygen atoms in total. The van der Waals surface area contributed by atoms with Gasteiger partial charge in [0.15, 0.2) is 0 Å². The first-order chi connectivity index (χ1) is 17.4. The summed E-state index contributed by atoms with van der Waals surface area (Å²) < 4.78 is 39.4. The van der Waals surface area contributed by atoms with Gasteiger partial charge in [0.25, 0.3) is 10.0 Å². The summed E-state index contributed by atoms with van der Waals surface area (Å²) in [6.45, 7) is 0.463. The van der Waals surface area contributed by atoms with Crippen LogP contribution in [0.4, 0.5) is 5.69 Å². The number of aliphatic carboxylic acids is 1. The van der Waals surface area contributed by atoms with Gasteiger partial charge in [0.05, 0.1) is 11.3 Å². The highest BCUT2D eigenvalue weighted by Gasteiger charge is 2.14. The van der Waals surface area contributed by atoms with Crippen molar-refractivity contribution in [1.82, 2.24) is 0 Å². The maximum absolute atomic E-state index is 12.8. The molecule has 0 saturated heterocycles. The lowest BCUT2D eigenvalue weighted by atomic mass is 10.1. The van der Waals surface area contributed by atoms with Gasteiger partial charge >= 0.3 is 5.97 Å². The minimum absolute atomic E-state index is 0.119. The summed E-state index contributed by atoms with van der Waals surface area (Å²) in [5, 5.41) is 9.00. The van der Waals surface area contributed by atoms with Crippen LogP contribution in [0.3, 0.4) is 0 Å². The first-order valence-electron chi connectivity index (χ1n) is 11.2. The predicted octanol–water partition coefficient (Wildman–Crippen LogP) is 5.24. The van der Waals surface area contributed by atoms with Crippen molar-refractivity contribution >= 4 is 21.7 Å². The molecule has 0 aliphatic carbocycles. The minimum Gasteiger partial charge on any atom is -0.490 e. The van der Waals surface area contributed by atoms with Crippen LogP contribution in [0.2, 0.25) is 0 Å². The average Bonchev–Trinajstić information content (AvgIpc) is 2.88. The van der Waals surface area contributed by atoms with E-state index in [4.69, 9.17) is 14.6 Å². The lowest BCUT2D eigenvalue weighted by Gasteiger charge is -2.12. The van der Waals surface area contributed by atoms with Gasteiger partial charge in [0, 0.05) is 11.3 Å². The number of benzene rings is 4. The van der Waals surface area contributed by atoms with E-state index in [0.29, 0.717) is 22.7 Å². The standard InChI is InChI=1S/C28H25NO6S/c30-28(31)20-23-8-4-5-9-27(23)35-19-18-34-25-14-12-24(13-15-25)29-36(32,33)26-16-10-22(11-17-26)21-6-2-1-3-7-21/h1-17,29H,18-20H2,(H,30,31). The van der Waals surface area contributed by atoms with Crippen molar-refractivity contribution in [2.75, 3.05) is 17.9 Å². The van der Waals surface area contributed by atoms with E-state index in [9.17, 15) is 13.2 Å². The van der Waals surface area contributed by atoms with Gasteiger partial charge in [-0.15, -0.1) is 0 Å². The molecule has 184 valence electrons. The second-order valence-corrected chi connectivity index (χ2v) is 9.58. The number of carboxylic acid groups (broad SMARTS) is 1. The summed E-state index contributed by atoms with van der Waals surface area (Å²) >= 11 is 0. The number of para-hydroxylation sites is 1. The Morgan fingerprint density at radius 2 is 1.33 bits per heavy atom. The fourth-order valence-corrected chi connectivity index (χ4v) is 4.61. The molecular formula is C28H25NO6S. The fourth-order valence-electron chi connectivity index (χ4n) is 3.56. The van der Waals surface area contributed by atoms with Gasteiger partial charge in [-0.05, 0) is 53.6 Å². The summed E-state index contributed by atoms with van der Waals surface area (Å²) in [4.78, 5) is 11.1. The fraction of sp³-hybridized carbons (Fsp3) is 0.107. The van der Waals surface area contributed by atoms with Gasteiger partial charge in [0.1, 0.15) is 24.7 Å². The number of hydrogen-bond donors (Lipinski definition) is 2. The number of carboxylic acids is 1. The lowest BCUT2D eigenvalue weighted by Crippen LogP contribution is -2.13. The van der Waals surface area contributed by atoms with Crippen molar-refractivity contribution in [3.8, 4) is 22.6 Å². The van der Waals surface area contributed by atoms with Crippen molar-refractivity contribution in [2.24, 2.45) is 0 Å². The third kappa shape index (κ3) is 6.64. The average molecular weight is 504 g/mol. The normalized spacial score (nSPS) is 11.0. The molecule has 0 fully saturated rings. The second-order valence-electron chi connectivity index (χ2n) is 7.90. The zero-order valence-corrected chi connectivity index (χ0v) is 20.1. The number of anilines is 1. The Labute approximate surface area is 210 Å². The second kappa shape index (κ2) is 11.4. The SMILES string of the molecule is O=C(O)Cc1ccccc1OCCOc1ccc(NS(=O)(=O)c2ccc(-c3ccccc3)cc2)cc1. The Morgan fingerprint density at radius 1 is 0.722 bits per heavy atom. The molecule has 0 heterocycles. The zero-order chi connectivity index (χ0) is 25.4. The van der Waals surface area contributed by atoms with E-state index in [1.807, 2.05) is 30.3 Å². The minimum atomic E-state index is -3.74. The van der Waals surface area contributed by atoms with Crippen LogP contribution in [0.25, 0.3) is 11.1 Å². The molecule has 0 unspecified atom stereocenters. The summed E-state index contributed by atoms with van der Waals surface area (Å²) in [6.07, 6.45) is -0.119. The molecule has 8 heteroatoms. The number of ether oxygens (including phenoxy) is 2. The van der Waals surface area contributed by atoms with Crippen LogP contribution in [0.15, 0.2) is 108 Å². The largest absolute Gasteiger partial charge is 0.490 e. The van der Waals surface area contributed by atoms with Crippen LogP contribution in [0, 0.1) is 0 Å². The highest BCUT2D eigenvalue weighted by molar-refractivity contribution is 7.92. The molecule has 0 bridgehead atoms. The lowest BCUT2D eigenvalue weighted by molar-refractivity contribution is -0.136. The van der Waals surface area contributed by atoms with Gasteiger partial charge in [-0.3, -0.25) is 9.52 Å². The molecule has 0 amide bonds. The number of carbonyl (C=O) groups is 1. The van der Waals surface area contributed by atoms with Gasteiger partial charge in [0.2, 0.25) is 0 Å². The van der Waals surface area contributed by atoms with Crippen molar-refractivity contribution < 1.29 is 27.8 Å². The molecule has 4 aromatic carbocycles. The quantitative estimate of drug-likeness (QED) is 0.272. The van der Waals surface area contributed by atoms with Crippen LogP contribution < -0.4 is 14.2 Å². The van der Waals surface area contributed by atoms with E-state index in [-0.39, 0.29) is 24.5 Å². The highest BCUT2D eigenvalue weighted by Crippen LogP contribution is 2.24. The van der Waals surface area contributed by atoms with Gasteiger partial charge in [-0.1, -0.05) is 60.7 Å². The first kappa shape index (κ1) is 24.8. The van der Waals surface area contributed by atoms with E-state index >= 15 is 0 Å². The van der Waals surface area contributed by atoms with E-state index in [1.165, 1.54) is 0 Å². The van der Waals surface area contributed by atoms with Crippen molar-refractivity contribution in [1.29, 1.82) is 0 Å². The summed E-state index contributed by atoms with van der Waals surface area (Å²) in [7, 11) is -3.74. The van der Waals surface area contributed by atoms with Crippen LogP contribution in [0.1, 0.15) is 5.56 Å². The zero-order valence-electron chi connectivity index (χ0n) is 19.3. The molecule has 0 spiro atoms. The Morgan fingerprint density at radius 3 is 2.03 bits per heavy atom. The number of sulfonamides is 1. The Kier molecular flexibility index (Phi) is 7.87. The third-order valence-corrected chi connectivity index (χ3v) is 6.70. The topological polar surface area (TPSA) is 102 Å². The van der Waals surface area contributed by atoms with E-state index in [0.717, 1.165) is 11.1 Å². The monoisotopic (exact) mass is 503 g/mol. The predicted molar refractivity (Wildman–Crippen MR) is 138 cm³/mol. The molecule has 0 aromatic heterocycles. The summed E-state index contributed by atoms with van der Waals surface area (Å²) in [6, 6.07) is 30.0. The van der Waals surface area contributed by atoms with E-state index < -0.39 is 16.0 Å². The van der Waals surface area contributed by atoms with Crippen molar-refractivity contribution in [3.05, 3.63) is 109 Å². The van der Waals surface area contributed by atoms with Crippen LogP contribution in [-0.4, -0.2) is 32.7 Å². The number of rotatable bonds is 11. The molecule has 2 N–H and O–H groups in total. The van der Waals surface area contributed by atoms with Gasteiger partial charge in [-0.2, -0.15) is 0 Å². The van der Waals surface area contributed by atoms with Crippen LogP contribution in [-0.2, 0) is 21.2 Å². The first-order valence-corrected chi connectivity index (χ1v) is 12.7. The molecule has 4 aromatic rings. The van der Waals surface area contributed by atoms with E-state index in [1.54, 1.807) is 72.8 Å². The smallest absolute Gasteiger partial charge is 0.307 e. The molecule has 0 aliphatic heterocycles. The van der Waals surface area contributed by atoms with Crippen LogP contribution in [0.5, 0.6) is 11.5 Å². The number of hydrogen-bond acceptors (Lipinski definition) is 5. The molecule has 4 rings (SSSR count). The Bertz CT molecular complexity index is 1400. The highest BCUT2D eigenvalue weighted by atomic mass is 32.2. The summed E-state index contributed by atoms with van der Waals surface area (Å²) in [5.41, 5.74) is 2.95. The molecule has 0 atom stereocenters. The van der Waals surface area contributed by atoms with Crippen LogP contribution >= 0.6 is 0 Å².